The summed E-state index contributed by atoms with van der Waals surface area (Å²) in [6, 6.07) is 11.4. The number of carbonyl (C=O) groups is 1. The van der Waals surface area contributed by atoms with Gasteiger partial charge in [-0.25, -0.2) is 4.79 Å². The van der Waals surface area contributed by atoms with Gasteiger partial charge >= 0.3 is 5.97 Å². The van der Waals surface area contributed by atoms with E-state index in [1.165, 1.54) is 0 Å². The van der Waals surface area contributed by atoms with Gasteiger partial charge < -0.3 is 14.9 Å². The second-order valence-corrected chi connectivity index (χ2v) is 16.9. The molecule has 158 valence electrons. The zero-order valence-electron chi connectivity index (χ0n) is 16.2. The van der Waals surface area contributed by atoms with Crippen molar-refractivity contribution in [3.8, 4) is 11.5 Å². The number of esters is 1. The lowest BCUT2D eigenvalue weighted by atomic mass is 9.79. The fourth-order valence-corrected chi connectivity index (χ4v) is 15.7. The van der Waals surface area contributed by atoms with Crippen LogP contribution in [-0.4, -0.2) is 24.3 Å². The molecule has 0 unspecified atom stereocenters. The van der Waals surface area contributed by atoms with E-state index in [0.717, 1.165) is 41.3 Å². The highest BCUT2D eigenvalue weighted by molar-refractivity contribution is 14.1. The van der Waals surface area contributed by atoms with Gasteiger partial charge in [0.05, 0.1) is 19.8 Å². The highest BCUT2D eigenvalue weighted by Gasteiger charge is 2.57. The third-order valence-electron chi connectivity index (χ3n) is 6.17. The van der Waals surface area contributed by atoms with Gasteiger partial charge in [0.2, 0.25) is 0 Å². The molecule has 2 aliphatic heterocycles. The Labute approximate surface area is 234 Å². The SMILES string of the molecule is C[Si]1(C)c2c(cc(I)c(O)c2I)C2(OC(=O)c3ccccc32)c2cc(I)c(O)c(I)c21. The minimum absolute atomic E-state index is 0.251. The highest BCUT2D eigenvalue weighted by Crippen LogP contribution is 2.51. The Bertz CT molecular complexity index is 1270. The fraction of sp³-hybridized carbons (Fsp3) is 0.136. The van der Waals surface area contributed by atoms with Crippen LogP contribution in [0.5, 0.6) is 11.5 Å². The average molecular weight is 878 g/mol. The van der Waals surface area contributed by atoms with Crippen molar-refractivity contribution in [2.24, 2.45) is 0 Å². The second-order valence-electron chi connectivity index (χ2n) is 8.13. The topological polar surface area (TPSA) is 66.8 Å². The van der Waals surface area contributed by atoms with Crippen molar-refractivity contribution in [3.63, 3.8) is 0 Å². The summed E-state index contributed by atoms with van der Waals surface area (Å²) in [4.78, 5) is 13.1. The number of aromatic hydroxyl groups is 2. The monoisotopic (exact) mass is 878 g/mol. The highest BCUT2D eigenvalue weighted by atomic mass is 127. The molecule has 4 nitrogen and oxygen atoms in total. The van der Waals surface area contributed by atoms with Gasteiger partial charge in [-0.2, -0.15) is 0 Å². The Morgan fingerprint density at radius 3 is 1.84 bits per heavy atom. The van der Waals surface area contributed by atoms with E-state index in [1.807, 2.05) is 30.3 Å². The quantitative estimate of drug-likeness (QED) is 0.187. The fourth-order valence-electron chi connectivity index (χ4n) is 4.88. The summed E-state index contributed by atoms with van der Waals surface area (Å²) in [6.07, 6.45) is 0. The number of phenolic OH excluding ortho intramolecular Hbond substituents is 2. The lowest BCUT2D eigenvalue weighted by Crippen LogP contribution is -2.65. The first-order chi connectivity index (χ1) is 14.5. The van der Waals surface area contributed by atoms with Crippen molar-refractivity contribution >= 4 is 115 Å². The minimum atomic E-state index is -2.40. The van der Waals surface area contributed by atoms with Gasteiger partial charge in [-0.05, 0) is 119 Å². The molecule has 0 bridgehead atoms. The van der Waals surface area contributed by atoms with Crippen LogP contribution in [0.25, 0.3) is 0 Å². The number of carbonyl (C=O) groups excluding carboxylic acids is 1. The molecule has 0 saturated carbocycles. The standard InChI is InChI=1S/C22H14I4O4Si/c1-31(2)19-11(7-13(23)17(27)15(19)25)22(10-6-4-3-5-9(10)21(29)30-22)12-8-14(24)18(28)16(26)20(12)31/h3-8,27-28H,1-2H3. The first kappa shape index (κ1) is 22.6. The van der Waals surface area contributed by atoms with Gasteiger partial charge in [0.1, 0.15) is 19.6 Å². The van der Waals surface area contributed by atoms with Crippen molar-refractivity contribution in [1.82, 2.24) is 0 Å². The Kier molecular flexibility index (Phi) is 5.43. The summed E-state index contributed by atoms with van der Waals surface area (Å²) in [5.41, 5.74) is 2.08. The number of phenols is 2. The lowest BCUT2D eigenvalue weighted by molar-refractivity contribution is 0.0254. The van der Waals surface area contributed by atoms with E-state index in [0.29, 0.717) is 5.56 Å². The molecule has 5 rings (SSSR count). The molecule has 2 N–H and O–H groups in total. The molecule has 0 amide bonds. The third-order valence-corrected chi connectivity index (χ3v) is 14.5. The van der Waals surface area contributed by atoms with Crippen LogP contribution in [0.15, 0.2) is 36.4 Å². The van der Waals surface area contributed by atoms with Gasteiger partial charge in [0, 0.05) is 16.7 Å². The molecule has 3 aromatic carbocycles. The molecule has 9 heteroatoms. The molecule has 0 aliphatic carbocycles. The number of rotatable bonds is 0. The Balaban J connectivity index is 2.06. The normalized spacial score (nSPS) is 17.2. The van der Waals surface area contributed by atoms with Crippen molar-refractivity contribution in [2.45, 2.75) is 18.7 Å². The minimum Gasteiger partial charge on any atom is -0.506 e. The van der Waals surface area contributed by atoms with E-state index in [2.05, 4.69) is 103 Å². The van der Waals surface area contributed by atoms with E-state index >= 15 is 0 Å². The zero-order valence-corrected chi connectivity index (χ0v) is 25.8. The van der Waals surface area contributed by atoms with Gasteiger partial charge in [-0.3, -0.25) is 0 Å². The van der Waals surface area contributed by atoms with E-state index < -0.39 is 13.7 Å². The summed E-state index contributed by atoms with van der Waals surface area (Å²) >= 11 is 8.70. The van der Waals surface area contributed by atoms with E-state index in [1.54, 1.807) is 6.07 Å². The number of halogens is 4. The molecule has 2 heterocycles. The predicted molar refractivity (Wildman–Crippen MR) is 156 cm³/mol. The smallest absolute Gasteiger partial charge is 0.340 e. The van der Waals surface area contributed by atoms with E-state index in [9.17, 15) is 15.0 Å². The summed E-state index contributed by atoms with van der Waals surface area (Å²) < 4.78 is 9.33. The first-order valence-electron chi connectivity index (χ1n) is 9.30. The molecule has 0 atom stereocenters. The van der Waals surface area contributed by atoms with Crippen molar-refractivity contribution in [3.05, 3.63) is 72.9 Å². The van der Waals surface area contributed by atoms with Crippen LogP contribution in [0.4, 0.5) is 0 Å². The maximum absolute atomic E-state index is 13.1. The maximum atomic E-state index is 13.1. The molecular weight excluding hydrogens is 864 g/mol. The van der Waals surface area contributed by atoms with Gasteiger partial charge in [-0.1, -0.05) is 31.3 Å². The molecule has 3 aromatic rings. The average Bonchev–Trinajstić information content (AvgIpc) is 3.02. The second kappa shape index (κ2) is 7.43. The van der Waals surface area contributed by atoms with Crippen molar-refractivity contribution in [2.75, 3.05) is 0 Å². The molecule has 1 spiro atoms. The van der Waals surface area contributed by atoms with Crippen molar-refractivity contribution < 1.29 is 19.7 Å². The van der Waals surface area contributed by atoms with Crippen LogP contribution >= 0.6 is 90.4 Å². The number of benzene rings is 3. The lowest BCUT2D eigenvalue weighted by Gasteiger charge is -2.45. The Morgan fingerprint density at radius 1 is 0.839 bits per heavy atom. The van der Waals surface area contributed by atoms with E-state index in [-0.39, 0.29) is 17.5 Å². The molecule has 0 fully saturated rings. The summed E-state index contributed by atoms with van der Waals surface area (Å²) in [5, 5.41) is 23.8. The first-order valence-corrected chi connectivity index (χ1v) is 16.6. The van der Waals surface area contributed by atoms with Crippen LogP contribution in [0, 0.1) is 14.3 Å². The van der Waals surface area contributed by atoms with E-state index in [4.69, 9.17) is 4.74 Å². The Hall–Kier alpha value is -0.133. The number of hydrogen-bond donors (Lipinski definition) is 2. The van der Waals surface area contributed by atoms with Crippen molar-refractivity contribution in [1.29, 1.82) is 0 Å². The largest absolute Gasteiger partial charge is 0.506 e. The van der Waals surface area contributed by atoms with Crippen LogP contribution in [0.2, 0.25) is 13.1 Å². The van der Waals surface area contributed by atoms with Gasteiger partial charge in [0.25, 0.3) is 0 Å². The molecule has 0 radical (unpaired) electrons. The maximum Gasteiger partial charge on any atom is 0.340 e. The molecule has 2 aliphatic rings. The van der Waals surface area contributed by atoms with Crippen LogP contribution in [0.3, 0.4) is 0 Å². The summed E-state index contributed by atoms with van der Waals surface area (Å²) in [6.45, 7) is 4.45. The zero-order chi connectivity index (χ0) is 22.5. The third kappa shape index (κ3) is 2.87. The molecule has 31 heavy (non-hydrogen) atoms. The summed E-state index contributed by atoms with van der Waals surface area (Å²) in [7, 11) is -2.40. The number of hydrogen-bond acceptors (Lipinski definition) is 4. The molecule has 0 saturated heterocycles. The predicted octanol–water partition coefficient (Wildman–Crippen LogP) is 5.11. The number of ether oxygens (including phenoxy) is 1. The Morgan fingerprint density at radius 2 is 1.32 bits per heavy atom. The summed E-state index contributed by atoms with van der Waals surface area (Å²) in [5.74, 6) is 0.146. The molecule has 0 aromatic heterocycles. The van der Waals surface area contributed by atoms with Gasteiger partial charge in [-0.15, -0.1) is 0 Å². The molecular formula is C22H14I4O4Si. The van der Waals surface area contributed by atoms with Gasteiger partial charge in [0.15, 0.2) is 5.60 Å². The van der Waals surface area contributed by atoms with Crippen LogP contribution in [-0.2, 0) is 10.3 Å². The van der Waals surface area contributed by atoms with Crippen LogP contribution in [0.1, 0.15) is 27.0 Å². The number of fused-ring (bicyclic) bond motifs is 6. The van der Waals surface area contributed by atoms with Crippen LogP contribution < -0.4 is 10.4 Å².